The molecule has 0 aromatic carbocycles. The molecular weight excluding hydrogens is 246 g/mol. The lowest BCUT2D eigenvalue weighted by molar-refractivity contribution is -0.140. The van der Waals surface area contributed by atoms with Crippen molar-refractivity contribution in [3.63, 3.8) is 0 Å². The summed E-state index contributed by atoms with van der Waals surface area (Å²) in [6, 6.07) is 0. The number of amides is 2. The van der Waals surface area contributed by atoms with E-state index in [9.17, 15) is 9.59 Å². The second-order valence-corrected chi connectivity index (χ2v) is 5.42. The highest BCUT2D eigenvalue weighted by atomic mass is 16.5. The van der Waals surface area contributed by atoms with E-state index in [0.29, 0.717) is 45.7 Å². The van der Waals surface area contributed by atoms with Crippen LogP contribution in [0.15, 0.2) is 0 Å². The Morgan fingerprint density at radius 3 is 2.26 bits per heavy atom. The van der Waals surface area contributed by atoms with E-state index in [1.54, 1.807) is 11.8 Å². The highest BCUT2D eigenvalue weighted by Crippen LogP contribution is 2.21. The zero-order valence-electron chi connectivity index (χ0n) is 11.6. The number of nitrogens with two attached hydrogens (primary N) is 1. The van der Waals surface area contributed by atoms with Crippen LogP contribution in [0.4, 0.5) is 0 Å². The van der Waals surface area contributed by atoms with E-state index >= 15 is 0 Å². The Hall–Kier alpha value is -1.14. The van der Waals surface area contributed by atoms with Crippen LogP contribution < -0.4 is 5.73 Å². The molecule has 2 saturated heterocycles. The largest absolute Gasteiger partial charge is 0.381 e. The Morgan fingerprint density at radius 2 is 1.63 bits per heavy atom. The lowest BCUT2D eigenvalue weighted by atomic mass is 9.89. The van der Waals surface area contributed by atoms with Crippen LogP contribution in [-0.4, -0.2) is 66.5 Å². The zero-order valence-corrected chi connectivity index (χ0v) is 11.6. The van der Waals surface area contributed by atoms with E-state index in [4.69, 9.17) is 10.5 Å². The van der Waals surface area contributed by atoms with Crippen LogP contribution in [0.5, 0.6) is 0 Å². The third-order valence-corrected chi connectivity index (χ3v) is 4.04. The third-order valence-electron chi connectivity index (χ3n) is 4.04. The van der Waals surface area contributed by atoms with Gasteiger partial charge in [-0.3, -0.25) is 9.59 Å². The predicted molar refractivity (Wildman–Crippen MR) is 70.4 cm³/mol. The van der Waals surface area contributed by atoms with Gasteiger partial charge in [-0.2, -0.15) is 0 Å². The lowest BCUT2D eigenvalue weighted by Gasteiger charge is -2.36. The number of nitrogens with zero attached hydrogens (tertiary/aromatic N) is 2. The van der Waals surface area contributed by atoms with Crippen molar-refractivity contribution in [1.29, 1.82) is 0 Å². The van der Waals surface area contributed by atoms with Crippen molar-refractivity contribution in [3.8, 4) is 0 Å². The molecule has 0 unspecified atom stereocenters. The number of rotatable bonds is 1. The highest BCUT2D eigenvalue weighted by molar-refractivity contribution is 5.86. The average molecular weight is 269 g/mol. The quantitative estimate of drug-likeness (QED) is 0.701. The second kappa shape index (κ2) is 5.88. The van der Waals surface area contributed by atoms with Crippen LogP contribution >= 0.6 is 0 Å². The SMILES string of the molecule is CC(=O)N1CCCN(C(=O)C2(N)CCOCC2)CC1. The van der Waals surface area contributed by atoms with Crippen LogP contribution in [0.25, 0.3) is 0 Å². The van der Waals surface area contributed by atoms with Gasteiger partial charge in [-0.15, -0.1) is 0 Å². The van der Waals surface area contributed by atoms with Gasteiger partial charge < -0.3 is 20.3 Å². The molecule has 6 nitrogen and oxygen atoms in total. The van der Waals surface area contributed by atoms with Gasteiger partial charge in [0, 0.05) is 46.3 Å². The van der Waals surface area contributed by atoms with Gasteiger partial charge in [0.1, 0.15) is 0 Å². The first-order chi connectivity index (χ1) is 9.03. The maximum Gasteiger partial charge on any atom is 0.242 e. The van der Waals surface area contributed by atoms with Gasteiger partial charge in [-0.05, 0) is 19.3 Å². The Balaban J connectivity index is 1.97. The molecule has 2 amide bonds. The summed E-state index contributed by atoms with van der Waals surface area (Å²) >= 11 is 0. The first kappa shape index (κ1) is 14.3. The lowest BCUT2D eigenvalue weighted by Crippen LogP contribution is -2.58. The zero-order chi connectivity index (χ0) is 13.9. The molecule has 2 aliphatic heterocycles. The minimum Gasteiger partial charge on any atom is -0.381 e. The van der Waals surface area contributed by atoms with Crippen LogP contribution in [0.3, 0.4) is 0 Å². The van der Waals surface area contributed by atoms with Crippen LogP contribution in [-0.2, 0) is 14.3 Å². The molecule has 0 radical (unpaired) electrons. The number of carbonyl (C=O) groups excluding carboxylic acids is 2. The number of hydrogen-bond donors (Lipinski definition) is 1. The minimum absolute atomic E-state index is 0.0150. The van der Waals surface area contributed by atoms with Crippen molar-refractivity contribution in [2.45, 2.75) is 31.7 Å². The smallest absolute Gasteiger partial charge is 0.242 e. The van der Waals surface area contributed by atoms with Crippen molar-refractivity contribution in [2.75, 3.05) is 39.4 Å². The first-order valence-corrected chi connectivity index (χ1v) is 6.94. The van der Waals surface area contributed by atoms with Crippen molar-refractivity contribution >= 4 is 11.8 Å². The molecule has 0 aliphatic carbocycles. The number of carbonyl (C=O) groups is 2. The fourth-order valence-electron chi connectivity index (χ4n) is 2.70. The van der Waals surface area contributed by atoms with Gasteiger partial charge >= 0.3 is 0 Å². The van der Waals surface area contributed by atoms with E-state index in [2.05, 4.69) is 0 Å². The van der Waals surface area contributed by atoms with Crippen LogP contribution in [0, 0.1) is 0 Å². The molecule has 19 heavy (non-hydrogen) atoms. The van der Waals surface area contributed by atoms with E-state index in [1.807, 2.05) is 4.90 Å². The average Bonchev–Trinajstić information content (AvgIpc) is 2.64. The van der Waals surface area contributed by atoms with Crippen LogP contribution in [0.1, 0.15) is 26.2 Å². The summed E-state index contributed by atoms with van der Waals surface area (Å²) in [7, 11) is 0. The Bertz CT molecular complexity index is 353. The standard InChI is InChI=1S/C13H23N3O3/c1-11(17)15-5-2-6-16(8-7-15)12(18)13(14)3-9-19-10-4-13/h2-10,14H2,1H3. The molecule has 0 saturated carbocycles. The van der Waals surface area contributed by atoms with Gasteiger partial charge in [-0.25, -0.2) is 0 Å². The summed E-state index contributed by atoms with van der Waals surface area (Å²) in [5.41, 5.74) is 5.45. The summed E-state index contributed by atoms with van der Waals surface area (Å²) in [4.78, 5) is 27.5. The molecular formula is C13H23N3O3. The molecule has 0 bridgehead atoms. The van der Waals surface area contributed by atoms with Gasteiger partial charge in [0.2, 0.25) is 11.8 Å². The summed E-state index contributed by atoms with van der Waals surface area (Å²) in [5.74, 6) is 0.0871. The van der Waals surface area contributed by atoms with Crippen molar-refractivity contribution < 1.29 is 14.3 Å². The van der Waals surface area contributed by atoms with Gasteiger partial charge in [-0.1, -0.05) is 0 Å². The Labute approximate surface area is 113 Å². The van der Waals surface area contributed by atoms with Crippen molar-refractivity contribution in [1.82, 2.24) is 9.80 Å². The number of hydrogen-bond acceptors (Lipinski definition) is 4. The van der Waals surface area contributed by atoms with Crippen molar-refractivity contribution in [3.05, 3.63) is 0 Å². The van der Waals surface area contributed by atoms with E-state index in [1.165, 1.54) is 0 Å². The molecule has 2 fully saturated rings. The van der Waals surface area contributed by atoms with Gasteiger partial charge in [0.05, 0.1) is 5.54 Å². The van der Waals surface area contributed by atoms with E-state index in [0.717, 1.165) is 13.0 Å². The van der Waals surface area contributed by atoms with E-state index in [-0.39, 0.29) is 11.8 Å². The molecule has 2 rings (SSSR count). The molecule has 2 aliphatic rings. The molecule has 108 valence electrons. The van der Waals surface area contributed by atoms with E-state index < -0.39 is 5.54 Å². The second-order valence-electron chi connectivity index (χ2n) is 5.42. The van der Waals surface area contributed by atoms with Gasteiger partial charge in [0.15, 0.2) is 0 Å². The normalized spacial score (nSPS) is 23.9. The van der Waals surface area contributed by atoms with Gasteiger partial charge in [0.25, 0.3) is 0 Å². The monoisotopic (exact) mass is 269 g/mol. The Morgan fingerprint density at radius 1 is 1.05 bits per heavy atom. The summed E-state index contributed by atoms with van der Waals surface area (Å²) in [6.07, 6.45) is 1.98. The maximum absolute atomic E-state index is 12.5. The summed E-state index contributed by atoms with van der Waals surface area (Å²) in [6.45, 7) is 5.26. The van der Waals surface area contributed by atoms with Crippen LogP contribution in [0.2, 0.25) is 0 Å². The fraction of sp³-hybridized carbons (Fsp3) is 0.846. The summed E-state index contributed by atoms with van der Waals surface area (Å²) in [5, 5.41) is 0. The predicted octanol–water partition coefficient (Wildman–Crippen LogP) is -0.425. The molecule has 0 spiro atoms. The number of ether oxygens (including phenoxy) is 1. The van der Waals surface area contributed by atoms with Crippen molar-refractivity contribution in [2.24, 2.45) is 5.73 Å². The molecule has 0 aromatic rings. The molecule has 2 heterocycles. The fourth-order valence-corrected chi connectivity index (χ4v) is 2.70. The maximum atomic E-state index is 12.5. The third kappa shape index (κ3) is 3.25. The molecule has 6 heteroatoms. The highest BCUT2D eigenvalue weighted by Gasteiger charge is 2.39. The Kier molecular flexibility index (Phi) is 4.42. The molecule has 0 atom stereocenters. The topological polar surface area (TPSA) is 75.9 Å². The minimum atomic E-state index is -0.774. The molecule has 2 N–H and O–H groups in total. The summed E-state index contributed by atoms with van der Waals surface area (Å²) < 4.78 is 5.27. The first-order valence-electron chi connectivity index (χ1n) is 6.94. The molecule has 0 aromatic heterocycles.